The molecule has 1 N–H and O–H groups in total. The van der Waals surface area contributed by atoms with Crippen LogP contribution in [0.4, 0.5) is 0 Å². The van der Waals surface area contributed by atoms with E-state index in [0.29, 0.717) is 5.56 Å². The van der Waals surface area contributed by atoms with Crippen LogP contribution in [0.1, 0.15) is 10.8 Å². The van der Waals surface area contributed by atoms with Crippen molar-refractivity contribution in [3.63, 3.8) is 0 Å². The molecule has 0 bridgehead atoms. The maximum absolute atomic E-state index is 12.7. The zero-order valence-corrected chi connectivity index (χ0v) is 12.4. The molecule has 1 heterocycles. The summed E-state index contributed by atoms with van der Waals surface area (Å²) in [5.41, 5.74) is 0.292. The Morgan fingerprint density at radius 2 is 1.76 bits per heavy atom. The number of aromatic hydroxyl groups is 1. The van der Waals surface area contributed by atoms with Crippen LogP contribution in [-0.4, -0.2) is 27.7 Å². The van der Waals surface area contributed by atoms with Gasteiger partial charge in [0.25, 0.3) is 0 Å². The zero-order chi connectivity index (χ0) is 15.3. The predicted octanol–water partition coefficient (Wildman–Crippen LogP) is 1.69. The molecule has 1 atom stereocenters. The van der Waals surface area contributed by atoms with Crippen LogP contribution in [0, 0.1) is 0 Å². The lowest BCUT2D eigenvalue weighted by atomic mass is 10.2. The van der Waals surface area contributed by atoms with Crippen LogP contribution in [-0.2, 0) is 19.7 Å². The van der Waals surface area contributed by atoms with Crippen molar-refractivity contribution >= 4 is 19.7 Å². The molecule has 0 radical (unpaired) electrons. The molecule has 21 heavy (non-hydrogen) atoms. The Morgan fingerprint density at radius 3 is 2.48 bits per heavy atom. The van der Waals surface area contributed by atoms with Gasteiger partial charge in [0.15, 0.2) is 19.7 Å². The summed E-state index contributed by atoms with van der Waals surface area (Å²) in [6.07, 6.45) is 0. The molecule has 0 aliphatic carbocycles. The Morgan fingerprint density at radius 1 is 1.05 bits per heavy atom. The highest BCUT2D eigenvalue weighted by Gasteiger charge is 2.42. The van der Waals surface area contributed by atoms with Gasteiger partial charge >= 0.3 is 0 Å². The molecular formula is C14H12O5S2. The van der Waals surface area contributed by atoms with Crippen LogP contribution in [0.3, 0.4) is 0 Å². The predicted molar refractivity (Wildman–Crippen MR) is 76.5 cm³/mol. The Labute approximate surface area is 122 Å². The lowest BCUT2D eigenvalue weighted by molar-refractivity contribution is 0.473. The fourth-order valence-corrected chi connectivity index (χ4v) is 6.85. The number of benzene rings is 2. The second-order valence-corrected chi connectivity index (χ2v) is 8.98. The molecule has 5 nitrogen and oxygen atoms in total. The summed E-state index contributed by atoms with van der Waals surface area (Å²) in [5, 5.41) is 8.30. The third kappa shape index (κ3) is 2.22. The molecule has 1 aliphatic rings. The molecule has 7 heteroatoms. The smallest absolute Gasteiger partial charge is 0.186 e. The maximum atomic E-state index is 12.7. The highest BCUT2D eigenvalue weighted by molar-refractivity contribution is 7.96. The van der Waals surface area contributed by atoms with Gasteiger partial charge in [-0.25, -0.2) is 16.8 Å². The zero-order valence-electron chi connectivity index (χ0n) is 10.8. The van der Waals surface area contributed by atoms with Crippen LogP contribution >= 0.6 is 0 Å². The van der Waals surface area contributed by atoms with Crippen LogP contribution < -0.4 is 0 Å². The summed E-state index contributed by atoms with van der Waals surface area (Å²) >= 11 is 0. The maximum Gasteiger partial charge on any atom is 0.186 e. The van der Waals surface area contributed by atoms with E-state index in [9.17, 15) is 21.9 Å². The van der Waals surface area contributed by atoms with Crippen molar-refractivity contribution in [3.8, 4) is 5.75 Å². The van der Waals surface area contributed by atoms with Gasteiger partial charge in [-0.3, -0.25) is 0 Å². The fourth-order valence-electron chi connectivity index (χ4n) is 2.49. The van der Waals surface area contributed by atoms with Gasteiger partial charge in [-0.05, 0) is 29.8 Å². The van der Waals surface area contributed by atoms with Crippen molar-refractivity contribution < 1.29 is 21.9 Å². The van der Waals surface area contributed by atoms with E-state index in [1.807, 2.05) is 0 Å². The summed E-state index contributed by atoms with van der Waals surface area (Å²) in [6.45, 7) is 0. The molecule has 0 fully saturated rings. The van der Waals surface area contributed by atoms with Gasteiger partial charge in [0.05, 0.1) is 15.5 Å². The first-order valence-corrected chi connectivity index (χ1v) is 9.37. The molecular weight excluding hydrogens is 312 g/mol. The van der Waals surface area contributed by atoms with E-state index < -0.39 is 30.7 Å². The van der Waals surface area contributed by atoms with Gasteiger partial charge in [-0.2, -0.15) is 0 Å². The highest BCUT2D eigenvalue weighted by Crippen LogP contribution is 2.41. The van der Waals surface area contributed by atoms with E-state index in [-0.39, 0.29) is 15.5 Å². The fraction of sp³-hybridized carbons (Fsp3) is 0.143. The standard InChI is InChI=1S/C14H12O5S2/c15-10-4-3-5-11(8-10)21(18,19)14-9-20(16,17)13-7-2-1-6-12(13)14/h1-8,14-15H,9H2. The van der Waals surface area contributed by atoms with E-state index in [0.717, 1.165) is 6.07 Å². The van der Waals surface area contributed by atoms with Gasteiger partial charge in [0, 0.05) is 0 Å². The van der Waals surface area contributed by atoms with E-state index >= 15 is 0 Å². The third-order valence-corrected chi connectivity index (χ3v) is 7.60. The van der Waals surface area contributed by atoms with Crippen LogP contribution in [0.25, 0.3) is 0 Å². The molecule has 2 aromatic rings. The van der Waals surface area contributed by atoms with E-state index in [1.54, 1.807) is 12.1 Å². The van der Waals surface area contributed by atoms with Crippen molar-refractivity contribution in [1.82, 2.24) is 0 Å². The molecule has 0 aromatic heterocycles. The van der Waals surface area contributed by atoms with Gasteiger partial charge in [0.2, 0.25) is 0 Å². The molecule has 0 saturated heterocycles. The van der Waals surface area contributed by atoms with Gasteiger partial charge in [-0.15, -0.1) is 0 Å². The SMILES string of the molecule is O=S1(=O)CC(S(=O)(=O)c2cccc(O)c2)c2ccccc21. The number of fused-ring (bicyclic) bond motifs is 1. The quantitative estimate of drug-likeness (QED) is 0.908. The van der Waals surface area contributed by atoms with E-state index in [1.165, 1.54) is 30.3 Å². The van der Waals surface area contributed by atoms with Crippen molar-refractivity contribution in [1.29, 1.82) is 0 Å². The third-order valence-electron chi connectivity index (χ3n) is 3.49. The Hall–Kier alpha value is -1.86. The minimum atomic E-state index is -3.88. The average molecular weight is 324 g/mol. The van der Waals surface area contributed by atoms with Gasteiger partial charge < -0.3 is 5.11 Å². The van der Waals surface area contributed by atoms with Crippen molar-refractivity contribution in [2.45, 2.75) is 15.0 Å². The minimum Gasteiger partial charge on any atom is -0.508 e. The first-order chi connectivity index (χ1) is 9.82. The average Bonchev–Trinajstić information content (AvgIpc) is 2.72. The molecule has 3 rings (SSSR count). The number of phenolic OH excluding ortho intramolecular Hbond substituents is 1. The molecule has 0 amide bonds. The molecule has 0 spiro atoms. The van der Waals surface area contributed by atoms with Crippen molar-refractivity contribution in [2.75, 3.05) is 5.75 Å². The summed E-state index contributed by atoms with van der Waals surface area (Å²) in [6, 6.07) is 11.4. The Balaban J connectivity index is 2.19. The second-order valence-electron chi connectivity index (χ2n) is 4.85. The monoisotopic (exact) mass is 324 g/mol. The molecule has 1 aliphatic heterocycles. The highest BCUT2D eigenvalue weighted by atomic mass is 32.2. The Kier molecular flexibility index (Phi) is 3.07. The largest absolute Gasteiger partial charge is 0.508 e. The number of phenols is 1. The van der Waals surface area contributed by atoms with Crippen molar-refractivity contribution in [3.05, 3.63) is 54.1 Å². The lowest BCUT2D eigenvalue weighted by Crippen LogP contribution is -2.15. The van der Waals surface area contributed by atoms with E-state index in [4.69, 9.17) is 0 Å². The topological polar surface area (TPSA) is 88.5 Å². The van der Waals surface area contributed by atoms with Crippen LogP contribution in [0.5, 0.6) is 5.75 Å². The first kappa shape index (κ1) is 14.1. The number of sulfone groups is 2. The molecule has 1 unspecified atom stereocenters. The number of hydrogen-bond donors (Lipinski definition) is 1. The van der Waals surface area contributed by atoms with E-state index in [2.05, 4.69) is 0 Å². The molecule has 0 saturated carbocycles. The first-order valence-electron chi connectivity index (χ1n) is 6.17. The molecule has 110 valence electrons. The minimum absolute atomic E-state index is 0.0683. The summed E-state index contributed by atoms with van der Waals surface area (Å²) in [5.74, 6) is -0.644. The van der Waals surface area contributed by atoms with Gasteiger partial charge in [0.1, 0.15) is 11.0 Å². The summed E-state index contributed by atoms with van der Waals surface area (Å²) < 4.78 is 49.5. The van der Waals surface area contributed by atoms with Crippen LogP contribution in [0.15, 0.2) is 58.3 Å². The van der Waals surface area contributed by atoms with Gasteiger partial charge in [-0.1, -0.05) is 24.3 Å². The van der Waals surface area contributed by atoms with Crippen molar-refractivity contribution in [2.24, 2.45) is 0 Å². The lowest BCUT2D eigenvalue weighted by Gasteiger charge is -2.12. The summed E-state index contributed by atoms with van der Waals surface area (Å²) in [7, 11) is -7.48. The normalized spacial score (nSPS) is 20.1. The summed E-state index contributed by atoms with van der Waals surface area (Å²) in [4.78, 5) is -0.0156. The number of hydrogen-bond acceptors (Lipinski definition) is 5. The second kappa shape index (κ2) is 4.57. The number of rotatable bonds is 2. The Bertz CT molecular complexity index is 914. The molecule has 2 aromatic carbocycles. The van der Waals surface area contributed by atoms with Crippen LogP contribution in [0.2, 0.25) is 0 Å².